The van der Waals surface area contributed by atoms with E-state index in [0.717, 1.165) is 21.6 Å². The SMILES string of the molecule is CC(C)(C)OC(=O)N[C@@H](Cc1ccccc1)[C@@H](O)C[C@@H](CSc1ccccc1)C(=O)N[C@@H]1c2ccccc2C[C@H]1O. The number of rotatable bonds is 11. The Hall–Kier alpha value is -3.33. The molecule has 0 radical (unpaired) electrons. The molecule has 2 amide bonds. The molecule has 0 heterocycles. The third kappa shape index (κ3) is 9.08. The predicted molar refractivity (Wildman–Crippen MR) is 162 cm³/mol. The van der Waals surface area contributed by atoms with Crippen molar-refractivity contribution in [3.8, 4) is 0 Å². The minimum Gasteiger partial charge on any atom is -0.444 e. The number of hydrogen-bond acceptors (Lipinski definition) is 6. The first-order chi connectivity index (χ1) is 19.6. The van der Waals surface area contributed by atoms with Gasteiger partial charge in [-0.2, -0.15) is 0 Å². The lowest BCUT2D eigenvalue weighted by Crippen LogP contribution is -2.48. The van der Waals surface area contributed by atoms with Crippen LogP contribution in [0.15, 0.2) is 89.8 Å². The lowest BCUT2D eigenvalue weighted by Gasteiger charge is -2.29. The molecule has 0 saturated carbocycles. The number of amides is 2. The summed E-state index contributed by atoms with van der Waals surface area (Å²) in [6.45, 7) is 5.35. The average Bonchev–Trinajstić information content (AvgIpc) is 3.25. The van der Waals surface area contributed by atoms with Crippen molar-refractivity contribution in [1.82, 2.24) is 10.6 Å². The molecule has 8 heteroatoms. The maximum atomic E-state index is 13.7. The first kappa shape index (κ1) is 30.6. The van der Waals surface area contributed by atoms with Gasteiger partial charge in [0.2, 0.25) is 5.91 Å². The van der Waals surface area contributed by atoms with Gasteiger partial charge in [0.15, 0.2) is 0 Å². The summed E-state index contributed by atoms with van der Waals surface area (Å²) < 4.78 is 5.48. The summed E-state index contributed by atoms with van der Waals surface area (Å²) in [6.07, 6.45) is -1.41. The predicted octanol–water partition coefficient (Wildman–Crippen LogP) is 5.06. The van der Waals surface area contributed by atoms with Gasteiger partial charge in [-0.1, -0.05) is 72.8 Å². The van der Waals surface area contributed by atoms with Crippen LogP contribution >= 0.6 is 11.8 Å². The molecule has 0 unspecified atom stereocenters. The van der Waals surface area contributed by atoms with Crippen molar-refractivity contribution < 1.29 is 24.5 Å². The summed E-state index contributed by atoms with van der Waals surface area (Å²) in [6, 6.07) is 25.9. The van der Waals surface area contributed by atoms with E-state index in [1.54, 1.807) is 20.8 Å². The van der Waals surface area contributed by atoms with Crippen LogP contribution in [0.25, 0.3) is 0 Å². The Morgan fingerprint density at radius 2 is 1.61 bits per heavy atom. The Kier molecular flexibility index (Phi) is 10.5. The van der Waals surface area contributed by atoms with Crippen LogP contribution in [0.2, 0.25) is 0 Å². The molecule has 0 aliphatic heterocycles. The number of hydrogen-bond donors (Lipinski definition) is 4. The van der Waals surface area contributed by atoms with E-state index in [1.165, 1.54) is 11.8 Å². The van der Waals surface area contributed by atoms with E-state index in [4.69, 9.17) is 4.74 Å². The van der Waals surface area contributed by atoms with Gasteiger partial charge in [0.05, 0.1) is 24.3 Å². The molecule has 3 aromatic carbocycles. The number of aliphatic hydroxyl groups is 2. The minimum atomic E-state index is -1.03. The second-order valence-corrected chi connectivity index (χ2v) is 12.6. The molecule has 5 atom stereocenters. The average molecular weight is 577 g/mol. The van der Waals surface area contributed by atoms with Gasteiger partial charge < -0.3 is 25.6 Å². The highest BCUT2D eigenvalue weighted by Crippen LogP contribution is 2.32. The Labute approximate surface area is 246 Å². The van der Waals surface area contributed by atoms with Crippen LogP contribution in [0.4, 0.5) is 4.79 Å². The van der Waals surface area contributed by atoms with Gasteiger partial charge in [-0.15, -0.1) is 11.8 Å². The zero-order valence-electron chi connectivity index (χ0n) is 23.8. The number of thioether (sulfide) groups is 1. The van der Waals surface area contributed by atoms with Gasteiger partial charge in [-0.3, -0.25) is 4.79 Å². The molecule has 0 saturated heterocycles. The zero-order valence-corrected chi connectivity index (χ0v) is 24.6. The smallest absolute Gasteiger partial charge is 0.407 e. The first-order valence-corrected chi connectivity index (χ1v) is 15.0. The maximum absolute atomic E-state index is 13.7. The van der Waals surface area contributed by atoms with E-state index in [1.807, 2.05) is 84.9 Å². The molecule has 7 nitrogen and oxygen atoms in total. The van der Waals surface area contributed by atoms with E-state index in [0.29, 0.717) is 18.6 Å². The lowest BCUT2D eigenvalue weighted by molar-refractivity contribution is -0.127. The molecule has 0 spiro atoms. The number of aliphatic hydroxyl groups excluding tert-OH is 2. The second-order valence-electron chi connectivity index (χ2n) is 11.5. The molecule has 3 aromatic rings. The number of carbonyl (C=O) groups is 2. The minimum absolute atomic E-state index is 0.115. The van der Waals surface area contributed by atoms with Gasteiger partial charge in [0, 0.05) is 23.0 Å². The van der Waals surface area contributed by atoms with Crippen molar-refractivity contribution in [3.63, 3.8) is 0 Å². The summed E-state index contributed by atoms with van der Waals surface area (Å²) in [5.41, 5.74) is 2.18. The second kappa shape index (κ2) is 14.0. The summed E-state index contributed by atoms with van der Waals surface area (Å²) in [7, 11) is 0. The van der Waals surface area contributed by atoms with Crippen molar-refractivity contribution in [3.05, 3.63) is 102 Å². The van der Waals surface area contributed by atoms with Crippen LogP contribution in [0.5, 0.6) is 0 Å². The zero-order chi connectivity index (χ0) is 29.4. The molecule has 41 heavy (non-hydrogen) atoms. The Morgan fingerprint density at radius 1 is 0.976 bits per heavy atom. The van der Waals surface area contributed by atoms with Crippen LogP contribution < -0.4 is 10.6 Å². The van der Waals surface area contributed by atoms with Crippen molar-refractivity contribution >= 4 is 23.8 Å². The largest absolute Gasteiger partial charge is 0.444 e. The molecule has 0 aromatic heterocycles. The fraction of sp³-hybridized carbons (Fsp3) is 0.394. The Morgan fingerprint density at radius 3 is 2.29 bits per heavy atom. The van der Waals surface area contributed by atoms with Crippen molar-refractivity contribution in [2.45, 2.75) is 74.8 Å². The van der Waals surface area contributed by atoms with Crippen molar-refractivity contribution in [2.75, 3.05) is 5.75 Å². The van der Waals surface area contributed by atoms with Crippen molar-refractivity contribution in [2.24, 2.45) is 5.92 Å². The molecule has 1 aliphatic rings. The van der Waals surface area contributed by atoms with Gasteiger partial charge in [-0.05, 0) is 62.4 Å². The van der Waals surface area contributed by atoms with Gasteiger partial charge >= 0.3 is 6.09 Å². The third-order valence-electron chi connectivity index (χ3n) is 7.06. The highest BCUT2D eigenvalue weighted by Gasteiger charge is 2.35. The fourth-order valence-electron chi connectivity index (χ4n) is 5.05. The number of ether oxygens (including phenoxy) is 1. The van der Waals surface area contributed by atoms with E-state index in [2.05, 4.69) is 10.6 Å². The van der Waals surface area contributed by atoms with Gasteiger partial charge in [-0.25, -0.2) is 4.79 Å². The molecule has 1 aliphatic carbocycles. The lowest BCUT2D eigenvalue weighted by atomic mass is 9.93. The highest BCUT2D eigenvalue weighted by molar-refractivity contribution is 7.99. The van der Waals surface area contributed by atoms with Crippen LogP contribution in [-0.4, -0.2) is 51.8 Å². The molecule has 4 N–H and O–H groups in total. The monoisotopic (exact) mass is 576 g/mol. The summed E-state index contributed by atoms with van der Waals surface area (Å²) in [4.78, 5) is 27.5. The normalized spacial score (nSPS) is 18.6. The molecular weight excluding hydrogens is 536 g/mol. The number of nitrogens with one attached hydrogen (secondary N) is 2. The first-order valence-electron chi connectivity index (χ1n) is 14.0. The summed E-state index contributed by atoms with van der Waals surface area (Å²) >= 11 is 1.53. The number of benzene rings is 3. The third-order valence-corrected chi connectivity index (χ3v) is 8.23. The van der Waals surface area contributed by atoms with Gasteiger partial charge in [0.1, 0.15) is 5.60 Å². The maximum Gasteiger partial charge on any atom is 0.407 e. The fourth-order valence-corrected chi connectivity index (χ4v) is 6.08. The van der Waals surface area contributed by atoms with Crippen LogP contribution in [0.3, 0.4) is 0 Å². The van der Waals surface area contributed by atoms with E-state index in [-0.39, 0.29) is 12.3 Å². The number of fused-ring (bicyclic) bond motifs is 1. The molecular formula is C33H40N2O5S. The van der Waals surface area contributed by atoms with E-state index >= 15 is 0 Å². The van der Waals surface area contributed by atoms with E-state index in [9.17, 15) is 19.8 Å². The van der Waals surface area contributed by atoms with Crippen LogP contribution in [-0.2, 0) is 22.4 Å². The summed E-state index contributed by atoms with van der Waals surface area (Å²) in [5.74, 6) is -0.417. The quantitative estimate of drug-likeness (QED) is 0.238. The van der Waals surface area contributed by atoms with Crippen molar-refractivity contribution in [1.29, 1.82) is 0 Å². The standard InChI is InChI=1S/C33H40N2O5S/c1-33(2,3)40-32(39)34-27(18-22-12-6-4-7-13-22)28(36)20-24(21-41-25-15-8-5-9-16-25)31(38)35-30-26-17-11-10-14-23(26)19-29(30)37/h4-17,24,27-30,36-37H,18-21H2,1-3H3,(H,34,39)(H,35,38)/t24-,27-,28-,29+,30+/m0/s1. The van der Waals surface area contributed by atoms with Crippen LogP contribution in [0, 0.1) is 5.92 Å². The Balaban J connectivity index is 1.52. The summed E-state index contributed by atoms with van der Waals surface area (Å²) in [5, 5.41) is 28.1. The number of carbonyl (C=O) groups excluding carboxylic acids is 2. The molecule has 4 rings (SSSR count). The molecule has 0 bridgehead atoms. The topological polar surface area (TPSA) is 108 Å². The van der Waals surface area contributed by atoms with E-state index < -0.39 is 41.9 Å². The van der Waals surface area contributed by atoms with Gasteiger partial charge in [0.25, 0.3) is 0 Å². The number of alkyl carbamates (subject to hydrolysis) is 1. The van der Waals surface area contributed by atoms with Crippen LogP contribution in [0.1, 0.15) is 49.9 Å². The Bertz CT molecular complexity index is 1280. The highest BCUT2D eigenvalue weighted by atomic mass is 32.2. The molecule has 218 valence electrons. The molecule has 0 fully saturated rings.